The zero-order chi connectivity index (χ0) is 22.1. The highest BCUT2D eigenvalue weighted by atomic mass is 32.2. The van der Waals surface area contributed by atoms with Crippen LogP contribution in [0.1, 0.15) is 11.1 Å². The summed E-state index contributed by atoms with van der Waals surface area (Å²) >= 11 is 0. The van der Waals surface area contributed by atoms with Gasteiger partial charge in [-0.1, -0.05) is 30.3 Å². The molecule has 5 rings (SSSR count). The molecule has 170 valence electrons. The van der Waals surface area contributed by atoms with Gasteiger partial charge in [0.05, 0.1) is 31.3 Å². The molecule has 2 fully saturated rings. The smallest absolute Gasteiger partial charge is 0.294 e. The Labute approximate surface area is 188 Å². The third-order valence-electron chi connectivity index (χ3n) is 6.49. The number of ether oxygens (including phenoxy) is 2. The fraction of sp³-hybridized carbons (Fsp3) is 0.417. The Morgan fingerprint density at radius 2 is 1.19 bits per heavy atom. The molecule has 2 aliphatic rings. The molecular weight excluding hydrogens is 428 g/mol. The van der Waals surface area contributed by atoms with Crippen molar-refractivity contribution in [1.82, 2.24) is 9.80 Å². The molecule has 7 nitrogen and oxygen atoms in total. The summed E-state index contributed by atoms with van der Waals surface area (Å²) in [6, 6.07) is 13.4. The second-order valence-corrected chi connectivity index (χ2v) is 9.88. The van der Waals surface area contributed by atoms with Crippen LogP contribution in [0.25, 0.3) is 21.5 Å². The van der Waals surface area contributed by atoms with E-state index in [0.717, 1.165) is 67.7 Å². The molecule has 3 aromatic rings. The van der Waals surface area contributed by atoms with E-state index in [0.29, 0.717) is 19.8 Å². The third kappa shape index (κ3) is 4.39. The van der Waals surface area contributed by atoms with Crippen LogP contribution in [-0.4, -0.2) is 75.4 Å². The zero-order valence-corrected chi connectivity index (χ0v) is 18.8. The minimum absolute atomic E-state index is 0.0687. The summed E-state index contributed by atoms with van der Waals surface area (Å²) in [5, 5.41) is 4.23. The van der Waals surface area contributed by atoms with Crippen molar-refractivity contribution < 1.29 is 22.4 Å². The average molecular weight is 457 g/mol. The van der Waals surface area contributed by atoms with Gasteiger partial charge in [-0.15, -0.1) is 0 Å². The zero-order valence-electron chi connectivity index (χ0n) is 18.0. The van der Waals surface area contributed by atoms with Crippen LogP contribution in [0.2, 0.25) is 0 Å². The molecule has 2 saturated heterocycles. The fourth-order valence-corrected chi connectivity index (χ4v) is 5.31. The molecule has 0 aromatic heterocycles. The van der Waals surface area contributed by atoms with Crippen LogP contribution >= 0.6 is 0 Å². The monoisotopic (exact) mass is 456 g/mol. The van der Waals surface area contributed by atoms with Crippen LogP contribution in [0.3, 0.4) is 0 Å². The van der Waals surface area contributed by atoms with Gasteiger partial charge < -0.3 is 9.47 Å². The first-order valence-electron chi connectivity index (χ1n) is 11.0. The third-order valence-corrected chi connectivity index (χ3v) is 7.34. The maximum atomic E-state index is 11.9. The summed E-state index contributed by atoms with van der Waals surface area (Å²) in [4.78, 5) is 4.65. The lowest BCUT2D eigenvalue weighted by molar-refractivity contribution is 0.0342. The number of morpholine rings is 2. The molecule has 0 amide bonds. The molecule has 0 bridgehead atoms. The molecule has 2 heterocycles. The molecule has 0 saturated carbocycles. The molecule has 0 radical (unpaired) electrons. The fourth-order valence-electron chi connectivity index (χ4n) is 4.80. The number of hydrogen-bond donors (Lipinski definition) is 1. The topological polar surface area (TPSA) is 79.3 Å². The van der Waals surface area contributed by atoms with Crippen molar-refractivity contribution in [1.29, 1.82) is 0 Å². The van der Waals surface area contributed by atoms with Crippen molar-refractivity contribution in [2.45, 2.75) is 18.0 Å². The van der Waals surface area contributed by atoms with Crippen LogP contribution in [0.4, 0.5) is 0 Å². The van der Waals surface area contributed by atoms with E-state index >= 15 is 0 Å². The Morgan fingerprint density at radius 3 is 1.69 bits per heavy atom. The van der Waals surface area contributed by atoms with Gasteiger partial charge in [-0.05, 0) is 44.8 Å². The van der Waals surface area contributed by atoms with Crippen molar-refractivity contribution in [3.8, 4) is 0 Å². The van der Waals surface area contributed by atoms with Crippen LogP contribution in [0.15, 0.2) is 47.4 Å². The summed E-state index contributed by atoms with van der Waals surface area (Å²) in [6.07, 6.45) is 0. The van der Waals surface area contributed by atoms with Gasteiger partial charge in [0, 0.05) is 39.3 Å². The van der Waals surface area contributed by atoms with E-state index in [2.05, 4.69) is 28.0 Å². The lowest BCUT2D eigenvalue weighted by Crippen LogP contribution is -2.36. The quantitative estimate of drug-likeness (QED) is 0.467. The van der Waals surface area contributed by atoms with Gasteiger partial charge in [0.25, 0.3) is 10.1 Å². The first kappa shape index (κ1) is 21.8. The van der Waals surface area contributed by atoms with Crippen molar-refractivity contribution >= 4 is 31.7 Å². The lowest BCUT2D eigenvalue weighted by atomic mass is 9.91. The van der Waals surface area contributed by atoms with E-state index in [1.165, 1.54) is 17.0 Å². The first-order chi connectivity index (χ1) is 15.5. The summed E-state index contributed by atoms with van der Waals surface area (Å²) in [5.41, 5.74) is 2.28. The summed E-state index contributed by atoms with van der Waals surface area (Å²) in [6.45, 7) is 7.71. The van der Waals surface area contributed by atoms with Gasteiger partial charge in [0.1, 0.15) is 0 Å². The molecule has 8 heteroatoms. The molecule has 0 spiro atoms. The van der Waals surface area contributed by atoms with Crippen molar-refractivity contribution in [2.24, 2.45) is 0 Å². The molecule has 2 aliphatic heterocycles. The second-order valence-electron chi connectivity index (χ2n) is 8.46. The predicted molar refractivity (Wildman–Crippen MR) is 123 cm³/mol. The molecule has 3 aromatic carbocycles. The van der Waals surface area contributed by atoms with E-state index in [1.54, 1.807) is 6.07 Å². The molecule has 0 atom stereocenters. The van der Waals surface area contributed by atoms with Gasteiger partial charge >= 0.3 is 0 Å². The highest BCUT2D eigenvalue weighted by Crippen LogP contribution is 2.36. The second kappa shape index (κ2) is 9.05. The van der Waals surface area contributed by atoms with Gasteiger partial charge in [0.2, 0.25) is 0 Å². The van der Waals surface area contributed by atoms with Crippen LogP contribution < -0.4 is 0 Å². The Bertz CT molecular complexity index is 1230. The Hall–Kier alpha value is -2.07. The minimum Gasteiger partial charge on any atom is -0.379 e. The number of fused-ring (bicyclic) bond motifs is 2. The van der Waals surface area contributed by atoms with Crippen LogP contribution in [0.5, 0.6) is 0 Å². The Balaban J connectivity index is 1.72. The summed E-state index contributed by atoms with van der Waals surface area (Å²) in [7, 11) is -4.30. The SMILES string of the molecule is O=S(=O)(O)c1ccc2c(CN3CCOCC3)c3ccccc3c(CN3CCOCC3)c2c1. The number of hydrogen-bond acceptors (Lipinski definition) is 6. The summed E-state index contributed by atoms with van der Waals surface area (Å²) in [5.74, 6) is 0. The molecule has 0 aliphatic carbocycles. The maximum absolute atomic E-state index is 11.9. The normalized spacial score (nSPS) is 19.0. The minimum atomic E-state index is -4.30. The van der Waals surface area contributed by atoms with Gasteiger partial charge in [-0.3, -0.25) is 14.4 Å². The van der Waals surface area contributed by atoms with E-state index in [1.807, 2.05) is 12.1 Å². The van der Waals surface area contributed by atoms with Crippen molar-refractivity contribution in [3.63, 3.8) is 0 Å². The van der Waals surface area contributed by atoms with Crippen LogP contribution in [0, 0.1) is 0 Å². The van der Waals surface area contributed by atoms with Gasteiger partial charge in [-0.2, -0.15) is 8.42 Å². The molecule has 32 heavy (non-hydrogen) atoms. The van der Waals surface area contributed by atoms with E-state index < -0.39 is 10.1 Å². The van der Waals surface area contributed by atoms with Crippen molar-refractivity contribution in [2.75, 3.05) is 52.6 Å². The number of rotatable bonds is 5. The van der Waals surface area contributed by atoms with E-state index in [9.17, 15) is 13.0 Å². The molecule has 0 unspecified atom stereocenters. The maximum Gasteiger partial charge on any atom is 0.294 e. The molecular formula is C24H28N2O5S. The number of nitrogens with zero attached hydrogens (tertiary/aromatic N) is 2. The summed E-state index contributed by atoms with van der Waals surface area (Å²) < 4.78 is 44.7. The standard InChI is InChI=1S/C24H28N2O5S/c27-32(28,29)18-5-6-21-22(15-18)24(17-26-9-13-31-14-10-26)20-4-2-1-3-19(20)23(21)16-25-7-11-30-12-8-25/h1-6,15H,7-14,16-17H2,(H,27,28,29). The van der Waals surface area contributed by atoms with Crippen molar-refractivity contribution in [3.05, 3.63) is 53.6 Å². The largest absolute Gasteiger partial charge is 0.379 e. The van der Waals surface area contributed by atoms with Crippen LogP contribution in [-0.2, 0) is 32.7 Å². The molecule has 1 N–H and O–H groups in total. The van der Waals surface area contributed by atoms with E-state index in [-0.39, 0.29) is 4.90 Å². The number of benzene rings is 3. The Morgan fingerprint density at radius 1 is 0.719 bits per heavy atom. The lowest BCUT2D eigenvalue weighted by Gasteiger charge is -2.30. The first-order valence-corrected chi connectivity index (χ1v) is 12.5. The highest BCUT2D eigenvalue weighted by Gasteiger charge is 2.21. The Kier molecular flexibility index (Phi) is 6.16. The average Bonchev–Trinajstić information content (AvgIpc) is 2.81. The van der Waals surface area contributed by atoms with Gasteiger partial charge in [-0.25, -0.2) is 0 Å². The highest BCUT2D eigenvalue weighted by molar-refractivity contribution is 7.85. The van der Waals surface area contributed by atoms with E-state index in [4.69, 9.17) is 9.47 Å². The van der Waals surface area contributed by atoms with Gasteiger partial charge in [0.15, 0.2) is 0 Å². The predicted octanol–water partition coefficient (Wildman–Crippen LogP) is 2.90.